The van der Waals surface area contributed by atoms with Crippen molar-refractivity contribution in [3.63, 3.8) is 0 Å². The molecule has 116 valence electrons. The molecule has 0 bridgehead atoms. The molecule has 0 heterocycles. The predicted molar refractivity (Wildman–Crippen MR) is 90.4 cm³/mol. The van der Waals surface area contributed by atoms with Crippen LogP contribution >= 0.6 is 0 Å². The van der Waals surface area contributed by atoms with Crippen molar-refractivity contribution >= 4 is 5.97 Å². The predicted octanol–water partition coefficient (Wildman–Crippen LogP) is 5.49. The molecule has 0 saturated carbocycles. The Hall–Kier alpha value is -2.09. The molecule has 0 saturated heterocycles. The third-order valence-corrected chi connectivity index (χ3v) is 4.11. The number of benzene rings is 2. The van der Waals surface area contributed by atoms with E-state index in [9.17, 15) is 4.79 Å². The van der Waals surface area contributed by atoms with E-state index >= 15 is 0 Å². The van der Waals surface area contributed by atoms with Gasteiger partial charge in [0.05, 0.1) is 5.56 Å². The van der Waals surface area contributed by atoms with E-state index in [1.807, 2.05) is 18.2 Å². The molecule has 22 heavy (non-hydrogen) atoms. The molecule has 1 unspecified atom stereocenters. The molecule has 2 aromatic carbocycles. The number of unbranched alkanes of at least 4 members (excludes halogenated alkanes) is 3. The highest BCUT2D eigenvalue weighted by Gasteiger charge is 2.14. The van der Waals surface area contributed by atoms with E-state index in [1.54, 1.807) is 12.1 Å². The second kappa shape index (κ2) is 8.38. The lowest BCUT2D eigenvalue weighted by Gasteiger charge is -2.18. The lowest BCUT2D eigenvalue weighted by atomic mass is 9.86. The molecule has 0 spiro atoms. The maximum atomic E-state index is 11.0. The smallest absolute Gasteiger partial charge is 0.335 e. The maximum Gasteiger partial charge on any atom is 0.335 e. The third-order valence-electron chi connectivity index (χ3n) is 4.11. The highest BCUT2D eigenvalue weighted by Crippen LogP contribution is 2.30. The summed E-state index contributed by atoms with van der Waals surface area (Å²) in [4.78, 5) is 11.0. The largest absolute Gasteiger partial charge is 0.478 e. The first-order chi connectivity index (χ1) is 10.7. The zero-order chi connectivity index (χ0) is 15.8. The fourth-order valence-corrected chi connectivity index (χ4v) is 2.84. The molecule has 0 aromatic heterocycles. The van der Waals surface area contributed by atoms with Crippen LogP contribution in [0.4, 0.5) is 0 Å². The first kappa shape index (κ1) is 16.3. The molecular formula is C20H24O2. The van der Waals surface area contributed by atoms with Crippen LogP contribution in [0.2, 0.25) is 0 Å². The minimum atomic E-state index is -0.870. The van der Waals surface area contributed by atoms with Crippen molar-refractivity contribution in [2.75, 3.05) is 0 Å². The molecule has 2 nitrogen and oxygen atoms in total. The van der Waals surface area contributed by atoms with Crippen LogP contribution in [0.5, 0.6) is 0 Å². The zero-order valence-electron chi connectivity index (χ0n) is 13.2. The Morgan fingerprint density at radius 3 is 2.14 bits per heavy atom. The van der Waals surface area contributed by atoms with Gasteiger partial charge in [0.25, 0.3) is 0 Å². The first-order valence-electron chi connectivity index (χ1n) is 8.10. The molecule has 2 heteroatoms. The third kappa shape index (κ3) is 4.45. The molecule has 0 fully saturated rings. The summed E-state index contributed by atoms with van der Waals surface area (Å²) in [6.45, 7) is 2.22. The Morgan fingerprint density at radius 1 is 0.909 bits per heavy atom. The number of carboxylic acids is 1. The number of carboxylic acid groups (broad SMARTS) is 1. The lowest BCUT2D eigenvalue weighted by molar-refractivity contribution is 0.0697. The van der Waals surface area contributed by atoms with Gasteiger partial charge in [-0.1, -0.05) is 75.1 Å². The van der Waals surface area contributed by atoms with Crippen LogP contribution in [0, 0.1) is 0 Å². The molecule has 0 aliphatic heterocycles. The molecule has 0 aliphatic carbocycles. The Bertz CT molecular complexity index is 572. The van der Waals surface area contributed by atoms with Crippen LogP contribution < -0.4 is 0 Å². The van der Waals surface area contributed by atoms with Gasteiger partial charge in [-0.05, 0) is 29.7 Å². The lowest BCUT2D eigenvalue weighted by Crippen LogP contribution is -2.03. The molecular weight excluding hydrogens is 272 g/mol. The molecule has 0 amide bonds. The van der Waals surface area contributed by atoms with Crippen molar-refractivity contribution in [2.24, 2.45) is 0 Å². The number of hydrogen-bond acceptors (Lipinski definition) is 1. The van der Waals surface area contributed by atoms with E-state index in [4.69, 9.17) is 5.11 Å². The van der Waals surface area contributed by atoms with Gasteiger partial charge >= 0.3 is 5.97 Å². The quantitative estimate of drug-likeness (QED) is 0.654. The van der Waals surface area contributed by atoms with E-state index in [0.717, 1.165) is 6.42 Å². The van der Waals surface area contributed by atoms with Gasteiger partial charge in [0.2, 0.25) is 0 Å². The average Bonchev–Trinajstić information content (AvgIpc) is 2.56. The summed E-state index contributed by atoms with van der Waals surface area (Å²) in [6, 6.07) is 17.8. The summed E-state index contributed by atoms with van der Waals surface area (Å²) in [5, 5.41) is 9.03. The van der Waals surface area contributed by atoms with Gasteiger partial charge < -0.3 is 5.11 Å². The van der Waals surface area contributed by atoms with Crippen molar-refractivity contribution < 1.29 is 9.90 Å². The highest BCUT2D eigenvalue weighted by molar-refractivity contribution is 5.87. The fraction of sp³-hybridized carbons (Fsp3) is 0.350. The summed E-state index contributed by atoms with van der Waals surface area (Å²) >= 11 is 0. The number of aromatic carboxylic acids is 1. The second-order valence-electron chi connectivity index (χ2n) is 5.74. The van der Waals surface area contributed by atoms with E-state index in [-0.39, 0.29) is 0 Å². The molecule has 2 rings (SSSR count). The second-order valence-corrected chi connectivity index (χ2v) is 5.74. The standard InChI is InChI=1S/C20H24O2/c1-2-3-4-8-11-19(16-9-6-5-7-10-16)17-12-14-18(15-13-17)20(21)22/h5-7,9-10,12-15,19H,2-4,8,11H2,1H3,(H,21,22). The highest BCUT2D eigenvalue weighted by atomic mass is 16.4. The summed E-state index contributed by atoms with van der Waals surface area (Å²) < 4.78 is 0. The van der Waals surface area contributed by atoms with E-state index in [1.165, 1.54) is 36.8 Å². The van der Waals surface area contributed by atoms with E-state index in [0.29, 0.717) is 11.5 Å². The number of carbonyl (C=O) groups is 1. The van der Waals surface area contributed by atoms with Crippen LogP contribution in [0.3, 0.4) is 0 Å². The van der Waals surface area contributed by atoms with Crippen LogP contribution in [-0.4, -0.2) is 11.1 Å². The van der Waals surface area contributed by atoms with Crippen molar-refractivity contribution in [2.45, 2.75) is 44.9 Å². The Labute approximate surface area is 132 Å². The number of rotatable bonds is 8. The van der Waals surface area contributed by atoms with E-state index in [2.05, 4.69) is 31.2 Å². The minimum absolute atomic E-state index is 0.348. The van der Waals surface area contributed by atoms with Gasteiger partial charge in [-0.2, -0.15) is 0 Å². The SMILES string of the molecule is CCCCCCC(c1ccccc1)c1ccc(C(=O)O)cc1. The molecule has 1 N–H and O–H groups in total. The summed E-state index contributed by atoms with van der Waals surface area (Å²) in [7, 11) is 0. The van der Waals surface area contributed by atoms with Crippen LogP contribution in [-0.2, 0) is 0 Å². The minimum Gasteiger partial charge on any atom is -0.478 e. The van der Waals surface area contributed by atoms with Crippen molar-refractivity contribution in [3.05, 3.63) is 71.3 Å². The van der Waals surface area contributed by atoms with Gasteiger partial charge in [-0.25, -0.2) is 4.79 Å². The Kier molecular flexibility index (Phi) is 6.20. The topological polar surface area (TPSA) is 37.3 Å². The zero-order valence-corrected chi connectivity index (χ0v) is 13.2. The van der Waals surface area contributed by atoms with Crippen molar-refractivity contribution in [1.29, 1.82) is 0 Å². The van der Waals surface area contributed by atoms with Crippen LogP contribution in [0.1, 0.15) is 66.4 Å². The van der Waals surface area contributed by atoms with Crippen LogP contribution in [0.25, 0.3) is 0 Å². The van der Waals surface area contributed by atoms with Gasteiger partial charge in [0.1, 0.15) is 0 Å². The average molecular weight is 296 g/mol. The van der Waals surface area contributed by atoms with Crippen molar-refractivity contribution in [3.8, 4) is 0 Å². The normalized spacial score (nSPS) is 12.0. The van der Waals surface area contributed by atoms with Gasteiger partial charge in [-0.3, -0.25) is 0 Å². The number of hydrogen-bond donors (Lipinski definition) is 1. The van der Waals surface area contributed by atoms with Gasteiger partial charge in [-0.15, -0.1) is 0 Å². The monoisotopic (exact) mass is 296 g/mol. The molecule has 0 aliphatic rings. The fourth-order valence-electron chi connectivity index (χ4n) is 2.84. The molecule has 0 radical (unpaired) electrons. The van der Waals surface area contributed by atoms with Crippen LogP contribution in [0.15, 0.2) is 54.6 Å². The maximum absolute atomic E-state index is 11.0. The van der Waals surface area contributed by atoms with Gasteiger partial charge in [0.15, 0.2) is 0 Å². The summed E-state index contributed by atoms with van der Waals surface area (Å²) in [6.07, 6.45) is 6.08. The Morgan fingerprint density at radius 2 is 1.55 bits per heavy atom. The Balaban J connectivity index is 2.18. The molecule has 1 atom stereocenters. The summed E-state index contributed by atoms with van der Waals surface area (Å²) in [5.74, 6) is -0.522. The molecule has 2 aromatic rings. The van der Waals surface area contributed by atoms with Gasteiger partial charge in [0, 0.05) is 5.92 Å². The van der Waals surface area contributed by atoms with Crippen molar-refractivity contribution in [1.82, 2.24) is 0 Å². The first-order valence-corrected chi connectivity index (χ1v) is 8.10. The summed E-state index contributed by atoms with van der Waals surface area (Å²) in [5.41, 5.74) is 2.86. The van der Waals surface area contributed by atoms with E-state index < -0.39 is 5.97 Å².